The van der Waals surface area contributed by atoms with Crippen molar-refractivity contribution in [1.29, 1.82) is 5.26 Å². The van der Waals surface area contributed by atoms with Gasteiger partial charge in [0.2, 0.25) is 0 Å². The van der Waals surface area contributed by atoms with Crippen molar-refractivity contribution in [2.75, 3.05) is 5.32 Å². The van der Waals surface area contributed by atoms with Crippen molar-refractivity contribution in [3.63, 3.8) is 0 Å². The maximum atomic E-state index is 8.98. The second-order valence-corrected chi connectivity index (χ2v) is 4.54. The summed E-state index contributed by atoms with van der Waals surface area (Å²) in [4.78, 5) is 8.27. The Bertz CT molecular complexity index is 818. The van der Waals surface area contributed by atoms with Crippen molar-refractivity contribution in [1.82, 2.24) is 9.97 Å². The van der Waals surface area contributed by atoms with E-state index in [-0.39, 0.29) is 0 Å². The van der Waals surface area contributed by atoms with E-state index in [2.05, 4.69) is 15.3 Å². The van der Waals surface area contributed by atoms with Gasteiger partial charge in [-0.15, -0.1) is 0 Å². The van der Waals surface area contributed by atoms with Gasteiger partial charge in [-0.3, -0.25) is 4.98 Å². The second kappa shape index (κ2) is 5.16. The summed E-state index contributed by atoms with van der Waals surface area (Å²) < 4.78 is 0. The first kappa shape index (κ1) is 12.4. The molecule has 0 unspecified atom stereocenters. The van der Waals surface area contributed by atoms with Crippen molar-refractivity contribution in [2.45, 2.75) is 0 Å². The van der Waals surface area contributed by atoms with Gasteiger partial charge in [0.1, 0.15) is 11.1 Å². The van der Waals surface area contributed by atoms with E-state index in [0.29, 0.717) is 16.4 Å². The third kappa shape index (κ3) is 2.15. The number of benzene rings is 1. The normalized spacial score (nSPS) is 10.2. The van der Waals surface area contributed by atoms with Crippen LogP contribution in [0.5, 0.6) is 0 Å². The lowest BCUT2D eigenvalue weighted by molar-refractivity contribution is 1.29. The first-order valence-electron chi connectivity index (χ1n) is 5.94. The summed E-state index contributed by atoms with van der Waals surface area (Å²) in [6.07, 6.45) is 5.08. The molecular formula is C15H9ClN4. The molecule has 0 aliphatic rings. The number of nitriles is 1. The van der Waals surface area contributed by atoms with Gasteiger partial charge in [-0.05, 0) is 18.2 Å². The quantitative estimate of drug-likeness (QED) is 0.773. The molecule has 0 radical (unpaired) electrons. The van der Waals surface area contributed by atoms with E-state index < -0.39 is 0 Å². The third-order valence-electron chi connectivity index (χ3n) is 2.94. The fourth-order valence-corrected chi connectivity index (χ4v) is 2.18. The number of aromatic nitrogens is 2. The van der Waals surface area contributed by atoms with Crippen LogP contribution < -0.4 is 5.32 Å². The number of anilines is 2. The molecule has 0 bridgehead atoms. The Kier molecular flexibility index (Phi) is 3.20. The summed E-state index contributed by atoms with van der Waals surface area (Å²) in [6, 6.07) is 11.4. The molecule has 2 aromatic heterocycles. The van der Waals surface area contributed by atoms with Gasteiger partial charge in [-0.1, -0.05) is 23.7 Å². The highest BCUT2D eigenvalue weighted by molar-refractivity contribution is 6.34. The van der Waals surface area contributed by atoms with E-state index in [1.807, 2.05) is 30.3 Å². The average molecular weight is 281 g/mol. The molecule has 1 N–H and O–H groups in total. The largest absolute Gasteiger partial charge is 0.338 e. The molecule has 3 rings (SSSR count). The summed E-state index contributed by atoms with van der Waals surface area (Å²) in [5.74, 6) is 0.468. The SMILES string of the molecule is N#Cc1ccnc(Nc2cccc3cnccc23)c1Cl. The Labute approximate surface area is 120 Å². The lowest BCUT2D eigenvalue weighted by Gasteiger charge is -2.10. The molecule has 20 heavy (non-hydrogen) atoms. The Morgan fingerprint density at radius 1 is 1.15 bits per heavy atom. The minimum atomic E-state index is 0.320. The zero-order chi connectivity index (χ0) is 13.9. The lowest BCUT2D eigenvalue weighted by Crippen LogP contribution is -1.96. The number of rotatable bonds is 2. The zero-order valence-electron chi connectivity index (χ0n) is 10.3. The molecule has 0 saturated carbocycles. The predicted molar refractivity (Wildman–Crippen MR) is 79.0 cm³/mol. The monoisotopic (exact) mass is 280 g/mol. The van der Waals surface area contributed by atoms with Crippen LogP contribution >= 0.6 is 11.6 Å². The summed E-state index contributed by atoms with van der Waals surface area (Å²) in [5, 5.41) is 14.5. The molecule has 0 fully saturated rings. The van der Waals surface area contributed by atoms with Crippen LogP contribution in [0.4, 0.5) is 11.5 Å². The van der Waals surface area contributed by atoms with Crippen molar-refractivity contribution in [3.8, 4) is 6.07 Å². The molecule has 1 aromatic carbocycles. The molecule has 96 valence electrons. The van der Waals surface area contributed by atoms with Crippen LogP contribution in [-0.2, 0) is 0 Å². The molecule has 0 atom stereocenters. The maximum Gasteiger partial charge on any atom is 0.150 e. The third-order valence-corrected chi connectivity index (χ3v) is 3.33. The Balaban J connectivity index is 2.09. The van der Waals surface area contributed by atoms with E-state index >= 15 is 0 Å². The van der Waals surface area contributed by atoms with Crippen LogP contribution in [0.1, 0.15) is 5.56 Å². The molecule has 2 heterocycles. The molecule has 0 aliphatic heterocycles. The summed E-state index contributed by atoms with van der Waals surface area (Å²) >= 11 is 6.15. The number of hydrogen-bond donors (Lipinski definition) is 1. The van der Waals surface area contributed by atoms with Crippen molar-refractivity contribution in [2.24, 2.45) is 0 Å². The van der Waals surface area contributed by atoms with Gasteiger partial charge in [0.05, 0.1) is 5.56 Å². The standard InChI is InChI=1S/C15H9ClN4/c16-14-10(8-17)4-7-19-15(14)20-13-3-1-2-11-9-18-6-5-12(11)13/h1-7,9H,(H,19,20). The first-order valence-corrected chi connectivity index (χ1v) is 6.32. The van der Waals surface area contributed by atoms with Crippen LogP contribution in [0.3, 0.4) is 0 Å². The minimum absolute atomic E-state index is 0.320. The van der Waals surface area contributed by atoms with E-state index in [4.69, 9.17) is 16.9 Å². The van der Waals surface area contributed by atoms with Crippen LogP contribution in [0, 0.1) is 11.3 Å². The minimum Gasteiger partial charge on any atom is -0.338 e. The van der Waals surface area contributed by atoms with Gasteiger partial charge >= 0.3 is 0 Å². The summed E-state index contributed by atoms with van der Waals surface area (Å²) in [5.41, 5.74) is 1.26. The highest BCUT2D eigenvalue weighted by atomic mass is 35.5. The van der Waals surface area contributed by atoms with Crippen LogP contribution in [-0.4, -0.2) is 9.97 Å². The predicted octanol–water partition coefficient (Wildman–Crippen LogP) is 3.90. The second-order valence-electron chi connectivity index (χ2n) is 4.16. The van der Waals surface area contributed by atoms with Gasteiger partial charge in [-0.2, -0.15) is 5.26 Å². The maximum absolute atomic E-state index is 8.98. The van der Waals surface area contributed by atoms with Gasteiger partial charge in [-0.25, -0.2) is 4.98 Å². The van der Waals surface area contributed by atoms with Gasteiger partial charge < -0.3 is 5.32 Å². The fraction of sp³-hybridized carbons (Fsp3) is 0. The van der Waals surface area contributed by atoms with Crippen molar-refractivity contribution in [3.05, 3.63) is 59.5 Å². The number of pyridine rings is 2. The number of halogens is 1. The zero-order valence-corrected chi connectivity index (χ0v) is 11.1. The van der Waals surface area contributed by atoms with E-state index in [9.17, 15) is 0 Å². The van der Waals surface area contributed by atoms with Gasteiger partial charge in [0.15, 0.2) is 5.82 Å². The highest BCUT2D eigenvalue weighted by Gasteiger charge is 2.08. The number of nitrogens with zero attached hydrogens (tertiary/aromatic N) is 3. The number of hydrogen-bond acceptors (Lipinski definition) is 4. The highest BCUT2D eigenvalue weighted by Crippen LogP contribution is 2.29. The first-order chi connectivity index (χ1) is 9.79. The summed E-state index contributed by atoms with van der Waals surface area (Å²) in [6.45, 7) is 0. The number of nitrogens with one attached hydrogen (secondary N) is 1. The molecule has 4 nitrogen and oxygen atoms in total. The lowest BCUT2D eigenvalue weighted by atomic mass is 10.1. The molecule has 0 amide bonds. The van der Waals surface area contributed by atoms with Crippen molar-refractivity contribution >= 4 is 33.9 Å². The Morgan fingerprint density at radius 3 is 2.90 bits per heavy atom. The average Bonchev–Trinajstić information content (AvgIpc) is 2.50. The van der Waals surface area contributed by atoms with Gasteiger partial charge in [0, 0.05) is 35.1 Å². The molecule has 0 spiro atoms. The topological polar surface area (TPSA) is 61.6 Å². The Morgan fingerprint density at radius 2 is 2.05 bits per heavy atom. The van der Waals surface area contributed by atoms with Crippen LogP contribution in [0.2, 0.25) is 5.02 Å². The molecule has 3 aromatic rings. The number of fused-ring (bicyclic) bond motifs is 1. The summed E-state index contributed by atoms with van der Waals surface area (Å²) in [7, 11) is 0. The van der Waals surface area contributed by atoms with E-state index in [0.717, 1.165) is 16.5 Å². The molecule has 0 aliphatic carbocycles. The molecule has 0 saturated heterocycles. The Hall–Kier alpha value is -2.64. The fourth-order valence-electron chi connectivity index (χ4n) is 1.98. The van der Waals surface area contributed by atoms with Crippen molar-refractivity contribution < 1.29 is 0 Å². The van der Waals surface area contributed by atoms with E-state index in [1.165, 1.54) is 0 Å². The van der Waals surface area contributed by atoms with Gasteiger partial charge in [0.25, 0.3) is 0 Å². The van der Waals surface area contributed by atoms with Crippen LogP contribution in [0.25, 0.3) is 10.8 Å². The molecule has 5 heteroatoms. The van der Waals surface area contributed by atoms with E-state index in [1.54, 1.807) is 24.7 Å². The van der Waals surface area contributed by atoms with Crippen LogP contribution in [0.15, 0.2) is 48.9 Å². The smallest absolute Gasteiger partial charge is 0.150 e. The molecular weight excluding hydrogens is 272 g/mol.